The van der Waals surface area contributed by atoms with Crippen molar-refractivity contribution in [3.05, 3.63) is 29.0 Å². The molecule has 1 amide bonds. The van der Waals surface area contributed by atoms with Gasteiger partial charge in [-0.1, -0.05) is 11.6 Å². The Morgan fingerprint density at radius 1 is 1.69 bits per heavy atom. The fourth-order valence-corrected chi connectivity index (χ4v) is 1.28. The Balaban J connectivity index is 2.80. The molecule has 6 heteroatoms. The van der Waals surface area contributed by atoms with Crippen molar-refractivity contribution >= 4 is 23.2 Å². The van der Waals surface area contributed by atoms with Crippen LogP contribution in [0.25, 0.3) is 0 Å². The zero-order chi connectivity index (χ0) is 12.1. The van der Waals surface area contributed by atoms with Gasteiger partial charge in [0.1, 0.15) is 11.9 Å². The lowest BCUT2D eigenvalue weighted by Gasteiger charge is -2.13. The fraction of sp³-hybridized carbons (Fsp3) is 0.300. The molecule has 0 radical (unpaired) electrons. The van der Waals surface area contributed by atoms with Gasteiger partial charge in [-0.15, -0.1) is 0 Å². The van der Waals surface area contributed by atoms with Crippen LogP contribution in [0.1, 0.15) is 0 Å². The van der Waals surface area contributed by atoms with E-state index in [4.69, 9.17) is 22.1 Å². The first-order chi connectivity index (χ1) is 7.58. The second kappa shape index (κ2) is 5.79. The minimum absolute atomic E-state index is 0.0370. The first kappa shape index (κ1) is 12.9. The number of carbonyl (C=O) groups excluding carboxylic acids is 1. The molecule has 0 aliphatic rings. The molecule has 0 saturated heterocycles. The van der Waals surface area contributed by atoms with Gasteiger partial charge >= 0.3 is 0 Å². The van der Waals surface area contributed by atoms with E-state index in [9.17, 15) is 9.18 Å². The van der Waals surface area contributed by atoms with Gasteiger partial charge in [-0.2, -0.15) is 0 Å². The number of carbonyl (C=O) groups is 1. The molecule has 0 aromatic heterocycles. The number of nitrogens with one attached hydrogen (secondary N) is 1. The molecular formula is C10H12ClFN2O2. The van der Waals surface area contributed by atoms with Crippen molar-refractivity contribution in [2.24, 2.45) is 5.73 Å². The minimum Gasteiger partial charge on any atom is -0.370 e. The Morgan fingerprint density at radius 2 is 2.38 bits per heavy atom. The van der Waals surface area contributed by atoms with E-state index in [-0.39, 0.29) is 17.3 Å². The number of halogens is 2. The smallest absolute Gasteiger partial charge is 0.254 e. The molecule has 1 aromatic carbocycles. The molecule has 0 fully saturated rings. The van der Waals surface area contributed by atoms with Crippen LogP contribution in [0.2, 0.25) is 5.02 Å². The summed E-state index contributed by atoms with van der Waals surface area (Å²) in [7, 11) is 1.37. The summed E-state index contributed by atoms with van der Waals surface area (Å²) in [6, 6.07) is 3.69. The van der Waals surface area contributed by atoms with E-state index in [0.29, 0.717) is 0 Å². The molecule has 0 aliphatic carbocycles. The molecule has 0 aliphatic heterocycles. The maximum absolute atomic E-state index is 12.9. The lowest BCUT2D eigenvalue weighted by molar-refractivity contribution is -0.125. The van der Waals surface area contributed by atoms with Gasteiger partial charge in [-0.25, -0.2) is 4.39 Å². The van der Waals surface area contributed by atoms with Crippen molar-refractivity contribution in [1.82, 2.24) is 0 Å². The molecule has 1 atom stereocenters. The van der Waals surface area contributed by atoms with Crippen molar-refractivity contribution in [3.8, 4) is 0 Å². The highest BCUT2D eigenvalue weighted by atomic mass is 35.5. The number of hydrogen-bond acceptors (Lipinski definition) is 3. The Morgan fingerprint density at radius 3 is 2.94 bits per heavy atom. The van der Waals surface area contributed by atoms with Crippen molar-refractivity contribution in [1.29, 1.82) is 0 Å². The molecule has 88 valence electrons. The van der Waals surface area contributed by atoms with Gasteiger partial charge in [0.25, 0.3) is 5.91 Å². The molecule has 0 bridgehead atoms. The summed E-state index contributed by atoms with van der Waals surface area (Å²) in [6.45, 7) is 0.0370. The average molecular weight is 247 g/mol. The summed E-state index contributed by atoms with van der Waals surface area (Å²) in [5, 5.41) is 2.69. The van der Waals surface area contributed by atoms with Crippen LogP contribution in [0.5, 0.6) is 0 Å². The highest BCUT2D eigenvalue weighted by Gasteiger charge is 2.16. The number of anilines is 1. The van der Waals surface area contributed by atoms with Gasteiger partial charge in [0, 0.05) is 13.7 Å². The molecule has 16 heavy (non-hydrogen) atoms. The molecule has 0 heterocycles. The monoisotopic (exact) mass is 246 g/mol. The third-order valence-electron chi connectivity index (χ3n) is 1.98. The Bertz CT molecular complexity index is 383. The summed E-state index contributed by atoms with van der Waals surface area (Å²) < 4.78 is 17.7. The van der Waals surface area contributed by atoms with E-state index in [0.717, 1.165) is 6.07 Å². The van der Waals surface area contributed by atoms with Gasteiger partial charge in [-0.05, 0) is 18.2 Å². The normalized spacial score (nSPS) is 12.2. The second-order valence-corrected chi connectivity index (χ2v) is 3.48. The van der Waals surface area contributed by atoms with Crippen LogP contribution in [0, 0.1) is 5.82 Å². The van der Waals surface area contributed by atoms with Crippen LogP contribution >= 0.6 is 11.6 Å². The Labute approximate surface area is 97.5 Å². The number of nitrogens with two attached hydrogens (primary N) is 1. The van der Waals surface area contributed by atoms with E-state index in [1.165, 1.54) is 19.2 Å². The van der Waals surface area contributed by atoms with Crippen LogP contribution < -0.4 is 11.1 Å². The molecule has 0 spiro atoms. The number of methoxy groups -OCH3 is 1. The summed E-state index contributed by atoms with van der Waals surface area (Å²) in [6.07, 6.45) is -0.778. The van der Waals surface area contributed by atoms with Gasteiger partial charge in [0.2, 0.25) is 0 Å². The predicted molar refractivity (Wildman–Crippen MR) is 59.9 cm³/mol. The zero-order valence-electron chi connectivity index (χ0n) is 8.67. The van der Waals surface area contributed by atoms with E-state index >= 15 is 0 Å². The lowest BCUT2D eigenvalue weighted by Crippen LogP contribution is -2.36. The van der Waals surface area contributed by atoms with Gasteiger partial charge in [-0.3, -0.25) is 4.79 Å². The first-order valence-corrected chi connectivity index (χ1v) is 4.95. The van der Waals surface area contributed by atoms with Crippen LogP contribution in [-0.4, -0.2) is 25.7 Å². The zero-order valence-corrected chi connectivity index (χ0v) is 9.42. The van der Waals surface area contributed by atoms with Crippen LogP contribution in [0.3, 0.4) is 0 Å². The van der Waals surface area contributed by atoms with E-state index in [1.54, 1.807) is 0 Å². The standard InChI is InChI=1S/C10H12ClFN2O2/c1-16-9(5-13)10(15)14-8-4-6(12)2-3-7(8)11/h2-4,9H,5,13H2,1H3,(H,14,15). The number of amides is 1. The molecule has 1 aromatic rings. The summed E-state index contributed by atoms with van der Waals surface area (Å²) in [4.78, 5) is 11.5. The van der Waals surface area contributed by atoms with Crippen LogP contribution in [0.15, 0.2) is 18.2 Å². The first-order valence-electron chi connectivity index (χ1n) is 4.57. The highest BCUT2D eigenvalue weighted by Crippen LogP contribution is 2.22. The second-order valence-electron chi connectivity index (χ2n) is 3.07. The van der Waals surface area contributed by atoms with Crippen molar-refractivity contribution < 1.29 is 13.9 Å². The predicted octanol–water partition coefficient (Wildman–Crippen LogP) is 1.39. The minimum atomic E-state index is -0.778. The van der Waals surface area contributed by atoms with Crippen molar-refractivity contribution in [2.45, 2.75) is 6.10 Å². The number of ether oxygens (including phenoxy) is 1. The number of benzene rings is 1. The highest BCUT2D eigenvalue weighted by molar-refractivity contribution is 6.33. The van der Waals surface area contributed by atoms with Gasteiger partial charge < -0.3 is 15.8 Å². The Kier molecular flexibility index (Phi) is 4.67. The maximum atomic E-state index is 12.9. The van der Waals surface area contributed by atoms with Crippen LogP contribution in [0.4, 0.5) is 10.1 Å². The summed E-state index contributed by atoms with van der Waals surface area (Å²) in [5.41, 5.74) is 5.51. The van der Waals surface area contributed by atoms with Crippen molar-refractivity contribution in [2.75, 3.05) is 19.0 Å². The largest absolute Gasteiger partial charge is 0.370 e. The number of hydrogen-bond donors (Lipinski definition) is 2. The molecule has 4 nitrogen and oxygen atoms in total. The summed E-state index contributed by atoms with van der Waals surface area (Å²) >= 11 is 5.78. The van der Waals surface area contributed by atoms with Gasteiger partial charge in [0.05, 0.1) is 10.7 Å². The SMILES string of the molecule is COC(CN)C(=O)Nc1cc(F)ccc1Cl. The molecule has 0 saturated carbocycles. The lowest BCUT2D eigenvalue weighted by atomic mass is 10.2. The third-order valence-corrected chi connectivity index (χ3v) is 2.31. The van der Waals surface area contributed by atoms with E-state index in [1.807, 2.05) is 0 Å². The molecule has 1 rings (SSSR count). The van der Waals surface area contributed by atoms with Crippen LogP contribution in [-0.2, 0) is 9.53 Å². The third kappa shape index (κ3) is 3.16. The van der Waals surface area contributed by atoms with Crippen molar-refractivity contribution in [3.63, 3.8) is 0 Å². The van der Waals surface area contributed by atoms with E-state index < -0.39 is 17.8 Å². The average Bonchev–Trinajstić information content (AvgIpc) is 2.25. The Hall–Kier alpha value is -1.17. The molecular weight excluding hydrogens is 235 g/mol. The topological polar surface area (TPSA) is 64.3 Å². The van der Waals surface area contributed by atoms with E-state index in [2.05, 4.69) is 5.32 Å². The molecule has 1 unspecified atom stereocenters. The van der Waals surface area contributed by atoms with Gasteiger partial charge in [0.15, 0.2) is 0 Å². The fourth-order valence-electron chi connectivity index (χ4n) is 1.12. The number of rotatable bonds is 4. The maximum Gasteiger partial charge on any atom is 0.254 e. The summed E-state index contributed by atoms with van der Waals surface area (Å²) in [5.74, 6) is -0.945. The quantitative estimate of drug-likeness (QED) is 0.844. The molecule has 3 N–H and O–H groups in total.